The second-order valence-corrected chi connectivity index (χ2v) is 6.11. The molecule has 23 heavy (non-hydrogen) atoms. The van der Waals surface area contributed by atoms with Crippen molar-refractivity contribution in [3.63, 3.8) is 0 Å². The molecule has 0 unspecified atom stereocenters. The molecule has 1 aromatic heterocycles. The number of rotatable bonds is 4. The summed E-state index contributed by atoms with van der Waals surface area (Å²) in [4.78, 5) is 0. The maximum atomic E-state index is 6.02. The first kappa shape index (κ1) is 14.1. The molecule has 0 fully saturated rings. The molecule has 0 saturated carbocycles. The van der Waals surface area contributed by atoms with Crippen molar-refractivity contribution in [2.45, 2.75) is 26.2 Å². The molecule has 0 amide bonds. The van der Waals surface area contributed by atoms with E-state index in [4.69, 9.17) is 4.42 Å². The third-order valence-corrected chi connectivity index (χ3v) is 4.46. The lowest BCUT2D eigenvalue weighted by molar-refractivity contribution is 0.495. The first-order valence-electron chi connectivity index (χ1n) is 8.32. The summed E-state index contributed by atoms with van der Waals surface area (Å²) in [5.74, 6) is 2.10. The smallest absolute Gasteiger partial charge is 0.130 e. The number of fused-ring (bicyclic) bond motifs is 1. The van der Waals surface area contributed by atoms with Crippen LogP contribution in [0.2, 0.25) is 0 Å². The Balaban J connectivity index is 1.73. The maximum absolute atomic E-state index is 6.02. The Morgan fingerprint density at radius 1 is 0.913 bits per heavy atom. The molecule has 2 aromatic carbocycles. The third-order valence-electron chi connectivity index (χ3n) is 4.46. The van der Waals surface area contributed by atoms with Crippen LogP contribution in [0.3, 0.4) is 0 Å². The second kappa shape index (κ2) is 5.92. The Kier molecular flexibility index (Phi) is 3.63. The molecule has 114 valence electrons. The van der Waals surface area contributed by atoms with Gasteiger partial charge in [0.1, 0.15) is 11.5 Å². The number of allylic oxidation sites excluding steroid dienone is 1. The van der Waals surface area contributed by atoms with E-state index in [9.17, 15) is 0 Å². The zero-order valence-electron chi connectivity index (χ0n) is 13.4. The lowest BCUT2D eigenvalue weighted by Gasteiger charge is -2.07. The first-order chi connectivity index (χ1) is 11.3. The molecular formula is C22H20O. The van der Waals surface area contributed by atoms with Crippen LogP contribution in [0.5, 0.6) is 0 Å². The number of hydrogen-bond acceptors (Lipinski definition) is 1. The van der Waals surface area contributed by atoms with Crippen LogP contribution in [0.15, 0.2) is 65.1 Å². The second-order valence-electron chi connectivity index (χ2n) is 6.11. The number of furan rings is 1. The third kappa shape index (κ3) is 2.63. The average Bonchev–Trinajstić information content (AvgIpc) is 3.22. The van der Waals surface area contributed by atoms with Crippen molar-refractivity contribution >= 4 is 11.6 Å². The zero-order chi connectivity index (χ0) is 15.6. The van der Waals surface area contributed by atoms with E-state index >= 15 is 0 Å². The fourth-order valence-corrected chi connectivity index (χ4v) is 3.33. The highest BCUT2D eigenvalue weighted by atomic mass is 16.3. The normalized spacial score (nSPS) is 13.0. The van der Waals surface area contributed by atoms with Gasteiger partial charge in [-0.25, -0.2) is 0 Å². The van der Waals surface area contributed by atoms with Gasteiger partial charge in [-0.1, -0.05) is 55.5 Å². The van der Waals surface area contributed by atoms with E-state index in [2.05, 4.69) is 73.7 Å². The van der Waals surface area contributed by atoms with Crippen molar-refractivity contribution in [1.29, 1.82) is 0 Å². The Bertz CT molecular complexity index is 853. The summed E-state index contributed by atoms with van der Waals surface area (Å²) in [5, 5.41) is 0. The quantitative estimate of drug-likeness (QED) is 0.576. The van der Waals surface area contributed by atoms with Crippen LogP contribution in [0, 0.1) is 0 Å². The molecule has 0 aliphatic heterocycles. The van der Waals surface area contributed by atoms with Gasteiger partial charge in [-0.2, -0.15) is 0 Å². The standard InChI is InChI=1S/C22H20O/c1-2-7-19-12-13-22(23-19)18-14-17-10-6-11-20(21(17)15-18)16-8-4-3-5-9-16/h3-6,8-13,15H,2,7,14H2,1H3. The van der Waals surface area contributed by atoms with Crippen molar-refractivity contribution in [3.8, 4) is 11.1 Å². The van der Waals surface area contributed by atoms with Crippen LogP contribution >= 0.6 is 0 Å². The molecule has 1 heteroatoms. The van der Waals surface area contributed by atoms with Gasteiger partial charge in [-0.3, -0.25) is 0 Å². The Labute approximate surface area is 137 Å². The van der Waals surface area contributed by atoms with Gasteiger partial charge < -0.3 is 4.42 Å². The van der Waals surface area contributed by atoms with Gasteiger partial charge >= 0.3 is 0 Å². The maximum Gasteiger partial charge on any atom is 0.130 e. The molecule has 0 N–H and O–H groups in total. The van der Waals surface area contributed by atoms with E-state index in [1.165, 1.54) is 27.8 Å². The molecule has 1 aliphatic carbocycles. The highest BCUT2D eigenvalue weighted by Crippen LogP contribution is 2.37. The number of aryl methyl sites for hydroxylation is 1. The molecule has 1 aliphatic rings. The number of benzene rings is 2. The minimum Gasteiger partial charge on any atom is -0.461 e. The summed E-state index contributed by atoms with van der Waals surface area (Å²) in [6.45, 7) is 2.18. The topological polar surface area (TPSA) is 13.1 Å². The highest BCUT2D eigenvalue weighted by Gasteiger charge is 2.19. The summed E-state index contributed by atoms with van der Waals surface area (Å²) < 4.78 is 6.02. The molecule has 1 heterocycles. The van der Waals surface area contributed by atoms with Gasteiger partial charge in [0.2, 0.25) is 0 Å². The van der Waals surface area contributed by atoms with Crippen molar-refractivity contribution in [2.75, 3.05) is 0 Å². The van der Waals surface area contributed by atoms with E-state index in [1.54, 1.807) is 0 Å². The monoisotopic (exact) mass is 300 g/mol. The fourth-order valence-electron chi connectivity index (χ4n) is 3.33. The molecule has 0 atom stereocenters. The minimum atomic E-state index is 0.953. The minimum absolute atomic E-state index is 0.953. The fraction of sp³-hybridized carbons (Fsp3) is 0.182. The van der Waals surface area contributed by atoms with Crippen LogP contribution in [0.1, 0.15) is 36.0 Å². The van der Waals surface area contributed by atoms with Gasteiger partial charge in [0.05, 0.1) is 0 Å². The average molecular weight is 300 g/mol. The van der Waals surface area contributed by atoms with Crippen LogP contribution in [0.25, 0.3) is 22.8 Å². The SMILES string of the molecule is CCCc1ccc(C2=Cc3c(cccc3-c3ccccc3)C2)o1. The van der Waals surface area contributed by atoms with Crippen LogP contribution in [-0.4, -0.2) is 0 Å². The zero-order valence-corrected chi connectivity index (χ0v) is 13.4. The van der Waals surface area contributed by atoms with E-state index in [0.29, 0.717) is 0 Å². The predicted molar refractivity (Wildman–Crippen MR) is 96.2 cm³/mol. The molecule has 3 aromatic rings. The molecule has 1 nitrogen and oxygen atoms in total. The predicted octanol–water partition coefficient (Wildman–Crippen LogP) is 6.00. The lowest BCUT2D eigenvalue weighted by atomic mass is 9.97. The van der Waals surface area contributed by atoms with Gasteiger partial charge in [0.25, 0.3) is 0 Å². The van der Waals surface area contributed by atoms with Crippen LogP contribution in [0.4, 0.5) is 0 Å². The van der Waals surface area contributed by atoms with E-state index < -0.39 is 0 Å². The van der Waals surface area contributed by atoms with Crippen molar-refractivity contribution in [1.82, 2.24) is 0 Å². The Morgan fingerprint density at radius 3 is 2.61 bits per heavy atom. The molecule has 4 rings (SSSR count). The Morgan fingerprint density at radius 2 is 1.78 bits per heavy atom. The molecule has 0 spiro atoms. The van der Waals surface area contributed by atoms with Crippen LogP contribution < -0.4 is 0 Å². The lowest BCUT2D eigenvalue weighted by Crippen LogP contribution is -1.87. The molecule has 0 bridgehead atoms. The largest absolute Gasteiger partial charge is 0.461 e. The first-order valence-corrected chi connectivity index (χ1v) is 8.32. The molecule has 0 radical (unpaired) electrons. The number of hydrogen-bond donors (Lipinski definition) is 0. The van der Waals surface area contributed by atoms with Gasteiger partial charge in [0.15, 0.2) is 0 Å². The summed E-state index contributed by atoms with van der Waals surface area (Å²) in [6, 6.07) is 21.4. The van der Waals surface area contributed by atoms with Crippen molar-refractivity contribution < 1.29 is 4.42 Å². The summed E-state index contributed by atoms with van der Waals surface area (Å²) in [5.41, 5.74) is 6.58. The molecular weight excluding hydrogens is 280 g/mol. The van der Waals surface area contributed by atoms with Crippen molar-refractivity contribution in [2.24, 2.45) is 0 Å². The van der Waals surface area contributed by atoms with Crippen molar-refractivity contribution in [3.05, 3.63) is 83.3 Å². The van der Waals surface area contributed by atoms with E-state index in [0.717, 1.165) is 30.8 Å². The van der Waals surface area contributed by atoms with Crippen LogP contribution in [-0.2, 0) is 12.8 Å². The Hall–Kier alpha value is -2.54. The summed E-state index contributed by atoms with van der Waals surface area (Å²) in [6.07, 6.45) is 5.38. The highest BCUT2D eigenvalue weighted by molar-refractivity contribution is 5.92. The van der Waals surface area contributed by atoms with Gasteiger partial charge in [-0.05, 0) is 52.5 Å². The van der Waals surface area contributed by atoms with Gasteiger partial charge in [0, 0.05) is 12.8 Å². The summed E-state index contributed by atoms with van der Waals surface area (Å²) in [7, 11) is 0. The van der Waals surface area contributed by atoms with Gasteiger partial charge in [-0.15, -0.1) is 0 Å². The van der Waals surface area contributed by atoms with E-state index in [-0.39, 0.29) is 0 Å². The molecule has 0 saturated heterocycles. The van der Waals surface area contributed by atoms with E-state index in [1.807, 2.05) is 0 Å². The summed E-state index contributed by atoms with van der Waals surface area (Å²) >= 11 is 0.